The number of piperazine rings is 1. The van der Waals surface area contributed by atoms with Gasteiger partial charge in [0.25, 0.3) is 5.91 Å². The molecule has 9 heteroatoms. The number of rotatable bonds is 5. The van der Waals surface area contributed by atoms with Gasteiger partial charge in [0.05, 0.1) is 18.4 Å². The van der Waals surface area contributed by atoms with E-state index in [9.17, 15) is 19.1 Å². The summed E-state index contributed by atoms with van der Waals surface area (Å²) in [7, 11) is 0. The molecular formula is C22H22FN5O3. The average Bonchev–Trinajstić information content (AvgIpc) is 3.17. The monoisotopic (exact) mass is 423 g/mol. The lowest BCUT2D eigenvalue weighted by molar-refractivity contribution is -0.117. The van der Waals surface area contributed by atoms with Gasteiger partial charge in [-0.05, 0) is 36.4 Å². The van der Waals surface area contributed by atoms with Crippen molar-refractivity contribution in [3.63, 3.8) is 0 Å². The van der Waals surface area contributed by atoms with Crippen molar-refractivity contribution in [2.45, 2.75) is 0 Å². The van der Waals surface area contributed by atoms with Crippen LogP contribution in [0.3, 0.4) is 0 Å². The summed E-state index contributed by atoms with van der Waals surface area (Å²) in [6.07, 6.45) is 1.42. The van der Waals surface area contributed by atoms with E-state index in [0.717, 1.165) is 5.69 Å². The van der Waals surface area contributed by atoms with Crippen molar-refractivity contribution in [3.8, 4) is 11.4 Å². The molecule has 0 bridgehead atoms. The van der Waals surface area contributed by atoms with Gasteiger partial charge in [0.15, 0.2) is 11.4 Å². The molecule has 4 rings (SSSR count). The second-order valence-electron chi connectivity index (χ2n) is 7.27. The molecule has 0 unspecified atom stereocenters. The molecule has 2 amide bonds. The number of hydrogen-bond acceptors (Lipinski definition) is 5. The van der Waals surface area contributed by atoms with Gasteiger partial charge in [0.2, 0.25) is 5.91 Å². The number of nitrogens with zero attached hydrogens (tertiary/aromatic N) is 4. The number of carbonyl (C=O) groups is 2. The molecule has 2 N–H and O–H groups in total. The number of para-hydroxylation sites is 1. The number of hydrogen-bond donors (Lipinski definition) is 2. The zero-order chi connectivity index (χ0) is 21.8. The van der Waals surface area contributed by atoms with E-state index < -0.39 is 0 Å². The van der Waals surface area contributed by atoms with E-state index in [2.05, 4.69) is 10.4 Å². The van der Waals surface area contributed by atoms with Crippen LogP contribution in [0.1, 0.15) is 10.5 Å². The molecule has 1 aliphatic rings. The first-order chi connectivity index (χ1) is 15.0. The fourth-order valence-electron chi connectivity index (χ4n) is 3.43. The molecule has 2 aromatic carbocycles. The van der Waals surface area contributed by atoms with Crippen LogP contribution in [0.15, 0.2) is 60.8 Å². The summed E-state index contributed by atoms with van der Waals surface area (Å²) in [5, 5.41) is 17.2. The van der Waals surface area contributed by atoms with Crippen molar-refractivity contribution in [2.24, 2.45) is 0 Å². The molecule has 1 fully saturated rings. The van der Waals surface area contributed by atoms with Crippen LogP contribution in [0.5, 0.6) is 5.75 Å². The lowest BCUT2D eigenvalue weighted by Crippen LogP contribution is -2.50. The number of nitrogens with one attached hydrogen (secondary N) is 1. The van der Waals surface area contributed by atoms with Crippen LogP contribution >= 0.6 is 0 Å². The predicted molar refractivity (Wildman–Crippen MR) is 113 cm³/mol. The van der Waals surface area contributed by atoms with Gasteiger partial charge >= 0.3 is 0 Å². The van der Waals surface area contributed by atoms with E-state index in [1.807, 2.05) is 35.2 Å². The van der Waals surface area contributed by atoms with Crippen LogP contribution in [0, 0.1) is 5.82 Å². The molecule has 0 radical (unpaired) electrons. The highest BCUT2D eigenvalue weighted by Gasteiger charge is 2.27. The number of halogens is 1. The van der Waals surface area contributed by atoms with Crippen LogP contribution in [0.25, 0.3) is 5.69 Å². The lowest BCUT2D eigenvalue weighted by Gasteiger charge is -2.33. The van der Waals surface area contributed by atoms with Gasteiger partial charge in [-0.15, -0.1) is 0 Å². The Morgan fingerprint density at radius 2 is 1.68 bits per heavy atom. The summed E-state index contributed by atoms with van der Waals surface area (Å²) < 4.78 is 14.4. The minimum atomic E-state index is -0.363. The average molecular weight is 423 g/mol. The minimum absolute atomic E-state index is 0.00589. The molecule has 160 valence electrons. The quantitative estimate of drug-likeness (QED) is 0.656. The van der Waals surface area contributed by atoms with Crippen molar-refractivity contribution in [3.05, 3.63) is 72.3 Å². The van der Waals surface area contributed by atoms with Gasteiger partial charge in [-0.2, -0.15) is 5.10 Å². The Morgan fingerprint density at radius 1 is 1.00 bits per heavy atom. The van der Waals surface area contributed by atoms with E-state index >= 15 is 0 Å². The molecule has 1 aliphatic heterocycles. The van der Waals surface area contributed by atoms with Gasteiger partial charge in [-0.3, -0.25) is 14.5 Å². The number of benzene rings is 2. The Labute approximate surface area is 178 Å². The van der Waals surface area contributed by atoms with Crippen LogP contribution in [0.2, 0.25) is 0 Å². The van der Waals surface area contributed by atoms with Crippen molar-refractivity contribution in [1.29, 1.82) is 0 Å². The number of amides is 2. The highest BCUT2D eigenvalue weighted by molar-refractivity contribution is 5.95. The maximum Gasteiger partial charge on any atom is 0.278 e. The molecule has 0 spiro atoms. The zero-order valence-electron chi connectivity index (χ0n) is 16.7. The molecule has 1 saturated heterocycles. The fourth-order valence-corrected chi connectivity index (χ4v) is 3.43. The molecule has 3 aromatic rings. The Morgan fingerprint density at radius 3 is 2.35 bits per heavy atom. The highest BCUT2D eigenvalue weighted by Crippen LogP contribution is 2.20. The van der Waals surface area contributed by atoms with E-state index in [1.165, 1.54) is 35.1 Å². The van der Waals surface area contributed by atoms with Crippen LogP contribution in [0.4, 0.5) is 10.1 Å². The summed E-state index contributed by atoms with van der Waals surface area (Å²) in [4.78, 5) is 28.6. The third-order valence-corrected chi connectivity index (χ3v) is 5.07. The van der Waals surface area contributed by atoms with Gasteiger partial charge in [-0.25, -0.2) is 9.07 Å². The number of aromatic hydroxyl groups is 1. The van der Waals surface area contributed by atoms with Crippen LogP contribution in [-0.4, -0.2) is 69.2 Å². The smallest absolute Gasteiger partial charge is 0.278 e. The standard InChI is InChI=1S/C22H22FN5O3/c23-16-6-8-17(9-7-16)24-20(30)15-26-10-12-27(13-11-26)22(31)21-19(29)14-28(25-21)18-4-2-1-3-5-18/h1-9,14,29H,10-13,15H2,(H,24,30). The maximum atomic E-state index is 13.0. The molecule has 0 atom stereocenters. The first kappa shape index (κ1) is 20.5. The predicted octanol–water partition coefficient (Wildman–Crippen LogP) is 2.11. The topological polar surface area (TPSA) is 90.7 Å². The Kier molecular flexibility index (Phi) is 5.94. The largest absolute Gasteiger partial charge is 0.504 e. The third-order valence-electron chi connectivity index (χ3n) is 5.07. The lowest BCUT2D eigenvalue weighted by atomic mass is 10.2. The van der Waals surface area contributed by atoms with Gasteiger partial charge < -0.3 is 15.3 Å². The molecule has 2 heterocycles. The molecule has 1 aromatic heterocycles. The molecule has 8 nitrogen and oxygen atoms in total. The SMILES string of the molecule is O=C(CN1CCN(C(=O)c2nn(-c3ccccc3)cc2O)CC1)Nc1ccc(F)cc1. The second kappa shape index (κ2) is 8.97. The summed E-state index contributed by atoms with van der Waals surface area (Å²) in [6.45, 7) is 2.04. The van der Waals surface area contributed by atoms with Crippen molar-refractivity contribution in [1.82, 2.24) is 19.6 Å². The maximum absolute atomic E-state index is 13.0. The number of carbonyl (C=O) groups excluding carboxylic acids is 2. The Bertz CT molecular complexity index is 1060. The highest BCUT2D eigenvalue weighted by atomic mass is 19.1. The van der Waals surface area contributed by atoms with Crippen molar-refractivity contribution < 1.29 is 19.1 Å². The first-order valence-electron chi connectivity index (χ1n) is 9.91. The van der Waals surface area contributed by atoms with E-state index in [4.69, 9.17) is 0 Å². The first-order valence-corrected chi connectivity index (χ1v) is 9.91. The van der Waals surface area contributed by atoms with Crippen LogP contribution < -0.4 is 5.32 Å². The molecule has 0 saturated carbocycles. The summed E-state index contributed by atoms with van der Waals surface area (Å²) in [6, 6.07) is 14.8. The number of anilines is 1. The zero-order valence-corrected chi connectivity index (χ0v) is 16.7. The summed E-state index contributed by atoms with van der Waals surface area (Å²) in [5.74, 6) is -1.08. The summed E-state index contributed by atoms with van der Waals surface area (Å²) >= 11 is 0. The van der Waals surface area contributed by atoms with Crippen molar-refractivity contribution >= 4 is 17.5 Å². The Balaban J connectivity index is 1.31. The third kappa shape index (κ3) is 4.89. The minimum Gasteiger partial charge on any atom is -0.504 e. The van der Waals surface area contributed by atoms with Gasteiger partial charge in [0.1, 0.15) is 5.82 Å². The van der Waals surface area contributed by atoms with E-state index in [1.54, 1.807) is 4.90 Å². The molecular weight excluding hydrogens is 401 g/mol. The number of aromatic nitrogens is 2. The Hall–Kier alpha value is -3.72. The van der Waals surface area contributed by atoms with Crippen LogP contribution in [-0.2, 0) is 4.79 Å². The molecule has 31 heavy (non-hydrogen) atoms. The van der Waals surface area contributed by atoms with Gasteiger partial charge in [0, 0.05) is 31.9 Å². The summed E-state index contributed by atoms with van der Waals surface area (Å²) in [5.41, 5.74) is 1.28. The van der Waals surface area contributed by atoms with Crippen molar-refractivity contribution in [2.75, 3.05) is 38.0 Å². The van der Waals surface area contributed by atoms with E-state index in [-0.39, 0.29) is 35.6 Å². The normalized spacial score (nSPS) is 14.4. The van der Waals surface area contributed by atoms with E-state index in [0.29, 0.717) is 31.9 Å². The molecule has 0 aliphatic carbocycles. The fraction of sp³-hybridized carbons (Fsp3) is 0.227. The van der Waals surface area contributed by atoms with Gasteiger partial charge in [-0.1, -0.05) is 18.2 Å². The second-order valence-corrected chi connectivity index (χ2v) is 7.27.